The Morgan fingerprint density at radius 2 is 1.79 bits per heavy atom. The van der Waals surface area contributed by atoms with Gasteiger partial charge in [-0.15, -0.1) is 10.2 Å². The highest BCUT2D eigenvalue weighted by atomic mass is 16.5. The molecular weight excluding hydrogens is 500 g/mol. The molecule has 0 radical (unpaired) electrons. The molecule has 0 atom stereocenters. The summed E-state index contributed by atoms with van der Waals surface area (Å²) in [6, 6.07) is 17.8. The van der Waals surface area contributed by atoms with E-state index in [9.17, 15) is 9.59 Å². The summed E-state index contributed by atoms with van der Waals surface area (Å²) in [5, 5.41) is 12.1. The van der Waals surface area contributed by atoms with Gasteiger partial charge < -0.3 is 23.1 Å². The van der Waals surface area contributed by atoms with Crippen LogP contribution >= 0.6 is 0 Å². The van der Waals surface area contributed by atoms with E-state index >= 15 is 0 Å². The maximum atomic E-state index is 12.3. The summed E-state index contributed by atoms with van der Waals surface area (Å²) >= 11 is 0. The van der Waals surface area contributed by atoms with Crippen LogP contribution in [-0.2, 0) is 17.9 Å². The van der Waals surface area contributed by atoms with Crippen molar-refractivity contribution < 1.29 is 18.5 Å². The van der Waals surface area contributed by atoms with Gasteiger partial charge in [-0.1, -0.05) is 17.3 Å². The van der Waals surface area contributed by atoms with Gasteiger partial charge in [0, 0.05) is 48.5 Å². The number of hydrogen-bond acceptors (Lipinski definition) is 9. The number of amides is 1. The predicted molar refractivity (Wildman–Crippen MR) is 139 cm³/mol. The van der Waals surface area contributed by atoms with Gasteiger partial charge in [-0.05, 0) is 55.8 Å². The lowest BCUT2D eigenvalue weighted by molar-refractivity contribution is -0.128. The van der Waals surface area contributed by atoms with Crippen LogP contribution in [0.15, 0.2) is 80.6 Å². The molecule has 0 spiro atoms. The molecule has 1 saturated heterocycles. The molecule has 0 aliphatic carbocycles. The Morgan fingerprint density at radius 1 is 0.949 bits per heavy atom. The van der Waals surface area contributed by atoms with Crippen molar-refractivity contribution in [3.8, 4) is 34.4 Å². The third kappa shape index (κ3) is 5.33. The second kappa shape index (κ2) is 10.4. The number of ether oxygens (including phenoxy) is 1. The molecule has 5 aromatic rings. The van der Waals surface area contributed by atoms with E-state index in [4.69, 9.17) is 13.7 Å². The lowest BCUT2D eigenvalue weighted by Gasteiger charge is -2.19. The molecule has 1 amide bonds. The molecule has 0 saturated carbocycles. The average Bonchev–Trinajstić information content (AvgIpc) is 3.69. The fourth-order valence-corrected chi connectivity index (χ4v) is 4.37. The largest absolute Gasteiger partial charge is 0.457 e. The molecule has 0 unspecified atom stereocenters. The van der Waals surface area contributed by atoms with Crippen LogP contribution in [0.4, 0.5) is 0 Å². The molecular formula is C28H24N6O5. The van der Waals surface area contributed by atoms with E-state index in [0.29, 0.717) is 60.1 Å². The molecule has 4 heterocycles. The summed E-state index contributed by atoms with van der Waals surface area (Å²) in [6.07, 6.45) is 3.07. The maximum Gasteiger partial charge on any atom is 0.257 e. The van der Waals surface area contributed by atoms with Crippen LogP contribution in [0, 0.1) is 6.92 Å². The third-order valence-electron chi connectivity index (χ3n) is 6.37. The first-order chi connectivity index (χ1) is 19.0. The standard InChI is InChI=1S/C28H24N6O5/c1-18-29-27(39-32-18)19-9-11-22(12-10-19)37-23-15-20(7-8-21(23)16-33-14-4-6-26(33)36)28-31-30-24(38-28)17-34-13-3-2-5-25(34)35/h2-3,5,7-13,15H,4,6,14,16-17H2,1H3. The molecule has 11 nitrogen and oxygen atoms in total. The van der Waals surface area contributed by atoms with E-state index in [-0.39, 0.29) is 18.0 Å². The molecule has 1 fully saturated rings. The number of likely N-dealkylation sites (tertiary alicyclic amines) is 1. The van der Waals surface area contributed by atoms with Gasteiger partial charge in [0.25, 0.3) is 11.4 Å². The molecule has 1 aliphatic rings. The second-order valence-electron chi connectivity index (χ2n) is 9.18. The summed E-state index contributed by atoms with van der Waals surface area (Å²) < 4.78 is 18.9. The van der Waals surface area contributed by atoms with Gasteiger partial charge >= 0.3 is 0 Å². The van der Waals surface area contributed by atoms with Crippen molar-refractivity contribution >= 4 is 5.91 Å². The topological polar surface area (TPSA) is 129 Å². The van der Waals surface area contributed by atoms with Gasteiger partial charge in [0.15, 0.2) is 5.82 Å². The van der Waals surface area contributed by atoms with Crippen LogP contribution in [0.2, 0.25) is 0 Å². The summed E-state index contributed by atoms with van der Waals surface area (Å²) in [5.74, 6) is 2.87. The average molecular weight is 525 g/mol. The van der Waals surface area contributed by atoms with Gasteiger partial charge in [0.2, 0.25) is 17.7 Å². The Labute approximate surface area is 222 Å². The SMILES string of the molecule is Cc1noc(-c2ccc(Oc3cc(-c4nnc(Cn5ccccc5=O)o4)ccc3CN3CCCC3=O)cc2)n1. The highest BCUT2D eigenvalue weighted by Gasteiger charge is 2.22. The molecule has 6 rings (SSSR count). The fraction of sp³-hybridized carbons (Fsp3) is 0.214. The van der Waals surface area contributed by atoms with Crippen molar-refractivity contribution in [2.45, 2.75) is 32.9 Å². The maximum absolute atomic E-state index is 12.3. The zero-order chi connectivity index (χ0) is 26.8. The zero-order valence-corrected chi connectivity index (χ0v) is 21.1. The first kappa shape index (κ1) is 24.3. The Kier molecular flexibility index (Phi) is 6.45. The molecule has 39 heavy (non-hydrogen) atoms. The molecule has 1 aliphatic heterocycles. The number of rotatable bonds is 8. The zero-order valence-electron chi connectivity index (χ0n) is 21.1. The van der Waals surface area contributed by atoms with Crippen LogP contribution in [0.1, 0.15) is 30.1 Å². The van der Waals surface area contributed by atoms with Gasteiger partial charge in [-0.25, -0.2) is 0 Å². The van der Waals surface area contributed by atoms with E-state index in [2.05, 4.69) is 20.3 Å². The van der Waals surface area contributed by atoms with Crippen molar-refractivity contribution in [3.63, 3.8) is 0 Å². The first-order valence-electron chi connectivity index (χ1n) is 12.5. The lowest BCUT2D eigenvalue weighted by atomic mass is 10.1. The van der Waals surface area contributed by atoms with Crippen molar-refractivity contribution in [1.29, 1.82) is 0 Å². The number of hydrogen-bond donors (Lipinski definition) is 0. The van der Waals surface area contributed by atoms with Crippen LogP contribution in [0.25, 0.3) is 22.9 Å². The highest BCUT2D eigenvalue weighted by molar-refractivity contribution is 5.78. The van der Waals surface area contributed by atoms with E-state index in [1.54, 1.807) is 25.3 Å². The second-order valence-corrected chi connectivity index (χ2v) is 9.18. The summed E-state index contributed by atoms with van der Waals surface area (Å²) in [7, 11) is 0. The smallest absolute Gasteiger partial charge is 0.257 e. The number of pyridine rings is 1. The Balaban J connectivity index is 1.28. The minimum atomic E-state index is -0.158. The van der Waals surface area contributed by atoms with Crippen molar-refractivity contribution in [1.82, 2.24) is 29.8 Å². The number of carbonyl (C=O) groups excluding carboxylic acids is 1. The van der Waals surface area contributed by atoms with Gasteiger partial charge in [0.1, 0.15) is 18.0 Å². The van der Waals surface area contributed by atoms with Crippen LogP contribution in [0.3, 0.4) is 0 Å². The molecule has 3 aromatic heterocycles. The monoisotopic (exact) mass is 524 g/mol. The number of carbonyl (C=O) groups is 1. The molecule has 0 bridgehead atoms. The minimum Gasteiger partial charge on any atom is -0.457 e. The first-order valence-corrected chi connectivity index (χ1v) is 12.5. The van der Waals surface area contributed by atoms with Gasteiger partial charge in [0.05, 0.1) is 0 Å². The summed E-state index contributed by atoms with van der Waals surface area (Å²) in [6.45, 7) is 3.07. The molecule has 11 heteroatoms. The Bertz CT molecular complexity index is 1690. The predicted octanol–water partition coefficient (Wildman–Crippen LogP) is 4.22. The minimum absolute atomic E-state index is 0.127. The van der Waals surface area contributed by atoms with Crippen LogP contribution in [-0.4, -0.2) is 42.3 Å². The van der Waals surface area contributed by atoms with E-state index in [0.717, 1.165) is 17.5 Å². The molecule has 2 aromatic carbocycles. The number of benzene rings is 2. The van der Waals surface area contributed by atoms with Gasteiger partial charge in [-0.2, -0.15) is 4.98 Å². The van der Waals surface area contributed by atoms with Crippen molar-refractivity contribution in [2.24, 2.45) is 0 Å². The normalized spacial score (nSPS) is 13.3. The fourth-order valence-electron chi connectivity index (χ4n) is 4.37. The Morgan fingerprint density at radius 3 is 2.54 bits per heavy atom. The number of aromatic nitrogens is 5. The number of aryl methyl sites for hydroxylation is 1. The van der Waals surface area contributed by atoms with Crippen LogP contribution < -0.4 is 10.3 Å². The number of nitrogens with zero attached hydrogens (tertiary/aromatic N) is 6. The highest BCUT2D eigenvalue weighted by Crippen LogP contribution is 2.33. The third-order valence-corrected chi connectivity index (χ3v) is 6.37. The molecule has 196 valence electrons. The summed E-state index contributed by atoms with van der Waals surface area (Å²) in [5.41, 5.74) is 2.12. The van der Waals surface area contributed by atoms with Crippen LogP contribution in [0.5, 0.6) is 11.5 Å². The lowest BCUT2D eigenvalue weighted by Crippen LogP contribution is -2.24. The van der Waals surface area contributed by atoms with E-state index in [1.807, 2.05) is 47.4 Å². The van der Waals surface area contributed by atoms with Gasteiger partial charge in [-0.3, -0.25) is 9.59 Å². The molecule has 0 N–H and O–H groups in total. The van der Waals surface area contributed by atoms with Crippen molar-refractivity contribution in [3.05, 3.63) is 94.5 Å². The van der Waals surface area contributed by atoms with E-state index < -0.39 is 0 Å². The summed E-state index contributed by atoms with van der Waals surface area (Å²) in [4.78, 5) is 30.4. The quantitative estimate of drug-likeness (QED) is 0.293. The van der Waals surface area contributed by atoms with Crippen molar-refractivity contribution in [2.75, 3.05) is 6.54 Å². The van der Waals surface area contributed by atoms with E-state index in [1.165, 1.54) is 10.6 Å². The Hall–Kier alpha value is -5.06.